The van der Waals surface area contributed by atoms with Gasteiger partial charge in [-0.05, 0) is 80.8 Å². The minimum atomic E-state index is -0.400. The molecular weight excluding hydrogens is 700 g/mol. The summed E-state index contributed by atoms with van der Waals surface area (Å²) in [4.78, 5) is 50.9. The number of amides is 1. The van der Waals surface area contributed by atoms with Gasteiger partial charge in [-0.3, -0.25) is 29.3 Å². The van der Waals surface area contributed by atoms with Crippen LogP contribution in [-0.4, -0.2) is 44.4 Å². The molecule has 10 nitrogen and oxygen atoms in total. The van der Waals surface area contributed by atoms with Crippen molar-refractivity contribution in [3.63, 3.8) is 0 Å². The number of benzene rings is 5. The lowest BCUT2D eigenvalue weighted by Crippen LogP contribution is -2.26. The number of nitro benzene ring substituents is 1. The van der Waals surface area contributed by atoms with E-state index in [9.17, 15) is 19.7 Å². The van der Waals surface area contributed by atoms with Crippen LogP contribution >= 0.6 is 11.6 Å². The van der Waals surface area contributed by atoms with Crippen LogP contribution in [-0.2, 0) is 11.2 Å². The van der Waals surface area contributed by atoms with E-state index >= 15 is 0 Å². The number of aromatic nitrogens is 3. The van der Waals surface area contributed by atoms with Gasteiger partial charge in [0.2, 0.25) is 5.91 Å². The molecule has 8 rings (SSSR count). The molecule has 0 aliphatic carbocycles. The molecule has 2 aromatic heterocycles. The minimum Gasteiger partial charge on any atom is -0.356 e. The first-order valence-corrected chi connectivity index (χ1v) is 18.5. The third kappa shape index (κ3) is 6.43. The number of carbonyl (C=O) groups excluding carboxylic acids is 2. The van der Waals surface area contributed by atoms with Crippen molar-refractivity contribution in [2.45, 2.75) is 46.0 Å². The second-order valence-electron chi connectivity index (χ2n) is 13.8. The SMILES string of the molecule is Cc1ccc2c(c1)c(CC(=O)NCCCCCCN=c1ccc3c4[nH]c5cc([N+](=O)[O-])ccc5nc4c4cccc1c43)c(C)n2C(=O)c1ccc(Cl)cc1. The molecule has 0 atom stereocenters. The Morgan fingerprint density at radius 3 is 2.50 bits per heavy atom. The number of unbranched alkanes of at least 4 members (excludes halogenated alkanes) is 3. The lowest BCUT2D eigenvalue weighted by molar-refractivity contribution is -0.384. The Kier molecular flexibility index (Phi) is 9.29. The monoisotopic (exact) mass is 736 g/mol. The second kappa shape index (κ2) is 14.4. The van der Waals surface area contributed by atoms with Gasteiger partial charge in [-0.2, -0.15) is 0 Å². The minimum absolute atomic E-state index is 0.0205. The molecule has 54 heavy (non-hydrogen) atoms. The number of nitrogens with one attached hydrogen (secondary N) is 2. The third-order valence-electron chi connectivity index (χ3n) is 10.3. The molecule has 0 fully saturated rings. The molecule has 0 unspecified atom stereocenters. The highest BCUT2D eigenvalue weighted by Crippen LogP contribution is 2.36. The van der Waals surface area contributed by atoms with Gasteiger partial charge in [0.15, 0.2) is 0 Å². The number of rotatable bonds is 11. The molecular formula is C43H37ClN6O4. The molecule has 0 radical (unpaired) electrons. The smallest absolute Gasteiger partial charge is 0.271 e. The summed E-state index contributed by atoms with van der Waals surface area (Å²) in [5.74, 6) is -0.221. The number of hydrogen-bond acceptors (Lipinski definition) is 6. The van der Waals surface area contributed by atoms with Crippen LogP contribution in [0.5, 0.6) is 0 Å². The number of hydrogen-bond donors (Lipinski definition) is 2. The van der Waals surface area contributed by atoms with E-state index in [1.807, 2.05) is 44.2 Å². The van der Waals surface area contributed by atoms with E-state index in [0.29, 0.717) is 34.7 Å². The van der Waals surface area contributed by atoms with Gasteiger partial charge in [-0.25, -0.2) is 4.98 Å². The number of nitro groups is 1. The lowest BCUT2D eigenvalue weighted by atomic mass is 10.1. The number of H-pyrrole nitrogens is 1. The van der Waals surface area contributed by atoms with Crippen LogP contribution in [0.3, 0.4) is 0 Å². The van der Waals surface area contributed by atoms with Crippen molar-refractivity contribution in [3.8, 4) is 0 Å². The fourth-order valence-corrected chi connectivity index (χ4v) is 7.70. The van der Waals surface area contributed by atoms with Crippen LogP contribution in [0.4, 0.5) is 5.69 Å². The van der Waals surface area contributed by atoms with Gasteiger partial charge < -0.3 is 10.3 Å². The highest BCUT2D eigenvalue weighted by atomic mass is 35.5. The number of aromatic amines is 1. The van der Waals surface area contributed by atoms with Crippen molar-refractivity contribution in [3.05, 3.63) is 134 Å². The van der Waals surface area contributed by atoms with Gasteiger partial charge in [-0.1, -0.05) is 60.3 Å². The van der Waals surface area contributed by atoms with Gasteiger partial charge in [0.25, 0.3) is 11.6 Å². The zero-order chi connectivity index (χ0) is 37.5. The summed E-state index contributed by atoms with van der Waals surface area (Å²) >= 11 is 6.05. The van der Waals surface area contributed by atoms with Crippen molar-refractivity contribution >= 4 is 83.6 Å². The molecule has 1 amide bonds. The summed E-state index contributed by atoms with van der Waals surface area (Å²) in [7, 11) is 0. The molecule has 0 spiro atoms. The maximum absolute atomic E-state index is 13.6. The van der Waals surface area contributed by atoms with Gasteiger partial charge in [0.1, 0.15) is 0 Å². The fourth-order valence-electron chi connectivity index (χ4n) is 7.57. The number of carbonyl (C=O) groups is 2. The van der Waals surface area contributed by atoms with Crippen molar-refractivity contribution in [1.82, 2.24) is 19.9 Å². The lowest BCUT2D eigenvalue weighted by Gasteiger charge is -2.08. The van der Waals surface area contributed by atoms with E-state index in [2.05, 4.69) is 28.5 Å². The average Bonchev–Trinajstić information content (AvgIpc) is 3.62. The number of fused-ring (bicyclic) bond motifs is 5. The first-order chi connectivity index (χ1) is 26.2. The highest BCUT2D eigenvalue weighted by Gasteiger charge is 2.22. The summed E-state index contributed by atoms with van der Waals surface area (Å²) in [6.45, 7) is 5.17. The van der Waals surface area contributed by atoms with Crippen molar-refractivity contribution in [1.29, 1.82) is 0 Å². The van der Waals surface area contributed by atoms with Gasteiger partial charge in [-0.15, -0.1) is 0 Å². The van der Waals surface area contributed by atoms with Crippen LogP contribution in [0.15, 0.2) is 96.0 Å². The zero-order valence-corrected chi connectivity index (χ0v) is 30.7. The second-order valence-corrected chi connectivity index (χ2v) is 14.3. The van der Waals surface area contributed by atoms with E-state index in [1.54, 1.807) is 34.9 Å². The quantitative estimate of drug-likeness (QED) is 0.0776. The molecule has 0 saturated carbocycles. The first-order valence-electron chi connectivity index (χ1n) is 18.1. The Hall–Kier alpha value is -6.13. The number of aryl methyl sites for hydroxylation is 1. The molecule has 0 aliphatic heterocycles. The van der Waals surface area contributed by atoms with E-state index < -0.39 is 4.92 Å². The molecule has 0 bridgehead atoms. The van der Waals surface area contributed by atoms with Crippen LogP contribution in [0.25, 0.3) is 54.5 Å². The maximum atomic E-state index is 13.6. The first kappa shape index (κ1) is 34.9. The van der Waals surface area contributed by atoms with Crippen LogP contribution in [0, 0.1) is 24.0 Å². The molecule has 2 heterocycles. The number of non-ortho nitro benzene ring substituents is 1. The molecule has 2 N–H and O–H groups in total. The summed E-state index contributed by atoms with van der Waals surface area (Å²) in [5, 5.41) is 21.0. The third-order valence-corrected chi connectivity index (χ3v) is 10.5. The Balaban J connectivity index is 0.885. The normalized spacial score (nSPS) is 12.2. The van der Waals surface area contributed by atoms with Crippen molar-refractivity contribution in [2.75, 3.05) is 13.1 Å². The van der Waals surface area contributed by atoms with Crippen molar-refractivity contribution in [2.24, 2.45) is 4.99 Å². The number of nitrogens with zero attached hydrogens (tertiary/aromatic N) is 4. The number of halogens is 1. The molecule has 11 heteroatoms. The Bertz CT molecular complexity index is 2840. The standard InChI is InChI=1S/C43H37ClN6O4/c1-25-10-19-38-34(22-25)33(26(2)49(38)43(52)27-11-13-28(44)14-12-27)24-39(51)46-21-6-4-3-5-20-45-35-18-16-32-40-30(35)8-7-9-31(40)41-42(32)48-37-23-29(50(53)54)15-17-36(37)47-41/h7-19,22-23,48H,3-6,20-21,24H2,1-2H3,(H,46,51). The predicted molar refractivity (Wildman–Crippen MR) is 215 cm³/mol. The summed E-state index contributed by atoms with van der Waals surface area (Å²) in [6.07, 6.45) is 3.94. The van der Waals surface area contributed by atoms with E-state index in [4.69, 9.17) is 21.6 Å². The zero-order valence-electron chi connectivity index (χ0n) is 29.9. The van der Waals surface area contributed by atoms with Crippen LogP contribution in [0.2, 0.25) is 5.02 Å². The molecule has 8 aromatic rings. The molecule has 270 valence electrons. The Labute approximate surface area is 315 Å². The van der Waals surface area contributed by atoms with Gasteiger partial charge in [0, 0.05) is 68.4 Å². The largest absolute Gasteiger partial charge is 0.356 e. The molecule has 0 aliphatic rings. The summed E-state index contributed by atoms with van der Waals surface area (Å²) in [6, 6.07) is 27.7. The topological polar surface area (TPSA) is 135 Å². The Morgan fingerprint density at radius 1 is 0.889 bits per heavy atom. The van der Waals surface area contributed by atoms with Crippen molar-refractivity contribution < 1.29 is 14.5 Å². The molecule has 0 saturated heterocycles. The van der Waals surface area contributed by atoms with Crippen LogP contribution < -0.4 is 10.7 Å². The molecule has 6 aromatic carbocycles. The van der Waals surface area contributed by atoms with E-state index in [1.165, 1.54) is 12.1 Å². The van der Waals surface area contributed by atoms with Gasteiger partial charge in [0.05, 0.1) is 44.3 Å². The summed E-state index contributed by atoms with van der Waals surface area (Å²) < 4.78 is 1.70. The van der Waals surface area contributed by atoms with Crippen LogP contribution in [0.1, 0.15) is 52.9 Å². The maximum Gasteiger partial charge on any atom is 0.271 e. The Morgan fingerprint density at radius 2 is 1.69 bits per heavy atom. The van der Waals surface area contributed by atoms with E-state index in [-0.39, 0.29) is 23.9 Å². The highest BCUT2D eigenvalue weighted by molar-refractivity contribution is 6.30. The van der Waals surface area contributed by atoms with Gasteiger partial charge >= 0.3 is 0 Å². The fraction of sp³-hybridized carbons (Fsp3) is 0.209. The average molecular weight is 737 g/mol. The van der Waals surface area contributed by atoms with E-state index in [0.717, 1.165) is 91.3 Å². The summed E-state index contributed by atoms with van der Waals surface area (Å²) in [5.41, 5.74) is 7.00. The predicted octanol–water partition coefficient (Wildman–Crippen LogP) is 9.10.